The zero-order valence-electron chi connectivity index (χ0n) is 3.46. The zero-order valence-corrected chi connectivity index (χ0v) is 5.53. The van der Waals surface area contributed by atoms with Crippen molar-refractivity contribution in [3.63, 3.8) is 0 Å². The summed E-state index contributed by atoms with van der Waals surface area (Å²) in [6.45, 7) is 0. The van der Waals surface area contributed by atoms with Crippen molar-refractivity contribution >= 4 is 7.82 Å². The number of hydrogen-bond donors (Lipinski definition) is 0. The van der Waals surface area contributed by atoms with Gasteiger partial charge in [-0.15, -0.1) is 0 Å². The molecule has 0 aliphatic carbocycles. The fourth-order valence-electron chi connectivity index (χ4n) is 0. The van der Waals surface area contributed by atoms with E-state index in [9.17, 15) is 0 Å². The van der Waals surface area contributed by atoms with E-state index in [1.54, 1.807) is 0 Å². The first-order valence-corrected chi connectivity index (χ1v) is 2.19. The van der Waals surface area contributed by atoms with Crippen LogP contribution in [0.4, 0.5) is 0 Å². The maximum atomic E-state index is 8.55. The molecule has 0 unspecified atom stereocenters. The minimum absolute atomic E-state index is 0. The van der Waals surface area contributed by atoms with Crippen LogP contribution in [0.5, 0.6) is 0 Å². The molecule has 0 aromatic rings. The first-order chi connectivity index (χ1) is 2.00. The van der Waals surface area contributed by atoms with E-state index in [2.05, 4.69) is 0 Å². The molecule has 4 nitrogen and oxygen atoms in total. The number of hydrogen-bond acceptors (Lipinski definition) is 4. The average molecular weight is 157 g/mol. The topological polar surface area (TPSA) is 86.2 Å². The van der Waals surface area contributed by atoms with Gasteiger partial charge >= 0.3 is 35.9 Å². The fourth-order valence-corrected chi connectivity index (χ4v) is 0. The molecule has 0 bridgehead atoms. The summed E-state index contributed by atoms with van der Waals surface area (Å²) in [6, 6.07) is 0. The van der Waals surface area contributed by atoms with Crippen molar-refractivity contribution in [3.8, 4) is 0 Å². The summed E-state index contributed by atoms with van der Waals surface area (Å²) < 4.78 is 8.55. The number of rotatable bonds is 0. The van der Waals surface area contributed by atoms with Gasteiger partial charge in [0.15, 0.2) is 0 Å². The molecular weight excluding hydrogens is 157 g/mol. The van der Waals surface area contributed by atoms with Gasteiger partial charge in [-0.05, 0) is 0 Å². The van der Waals surface area contributed by atoms with Crippen molar-refractivity contribution in [1.29, 1.82) is 0 Å². The molecule has 0 fully saturated rings. The van der Waals surface area contributed by atoms with Crippen LogP contribution in [0.25, 0.3) is 0 Å². The summed E-state index contributed by atoms with van der Waals surface area (Å²) in [5.74, 6) is 0. The van der Waals surface area contributed by atoms with Gasteiger partial charge in [0.05, 0.1) is 0 Å². The van der Waals surface area contributed by atoms with Crippen LogP contribution >= 0.6 is 7.82 Å². The van der Waals surface area contributed by atoms with Crippen LogP contribution in [-0.2, 0) is 21.6 Å². The largest absolute Gasteiger partial charge is 2.00 e. The molecule has 0 rings (SSSR count). The van der Waals surface area contributed by atoms with Crippen LogP contribution in [-0.4, -0.2) is 0 Å². The normalized spacial score (nSPS) is 8.43. The van der Waals surface area contributed by atoms with Crippen LogP contribution < -0.4 is 33.5 Å². The monoisotopic (exact) mass is 157 g/mol. The van der Waals surface area contributed by atoms with E-state index in [4.69, 9.17) is 19.2 Å². The van der Waals surface area contributed by atoms with Gasteiger partial charge in [-0.3, -0.25) is 0 Å². The smallest absolute Gasteiger partial charge is 0.822 e. The second kappa shape index (κ2) is 5.37. The quantitative estimate of drug-likeness (QED) is 0.259. The van der Waals surface area contributed by atoms with Gasteiger partial charge in [0.25, 0.3) is 0 Å². The molecule has 0 N–H and O–H groups in total. The van der Waals surface area contributed by atoms with Gasteiger partial charge in [0, 0.05) is 0 Å². The van der Waals surface area contributed by atoms with Crippen LogP contribution in [0.2, 0.25) is 0 Å². The molecule has 0 aromatic carbocycles. The third kappa shape index (κ3) is 131. The Morgan fingerprint density at radius 3 is 1.14 bits per heavy atom. The Morgan fingerprint density at radius 2 is 1.14 bits per heavy atom. The molecule has 0 aromatic heterocycles. The molecule has 1 radical (unpaired) electrons. The van der Waals surface area contributed by atoms with Crippen molar-refractivity contribution in [2.45, 2.75) is 0 Å². The predicted molar refractivity (Wildman–Crippen MR) is 7.61 cm³/mol. The summed E-state index contributed by atoms with van der Waals surface area (Å²) in [7, 11) is -5.39. The Bertz CT molecular complexity index is 57.8. The van der Waals surface area contributed by atoms with Gasteiger partial charge in [0.2, 0.25) is 0 Å². The van der Waals surface area contributed by atoms with Crippen molar-refractivity contribution < 1.29 is 55.2 Å². The second-order valence-corrected chi connectivity index (χ2v) is 1.34. The van der Waals surface area contributed by atoms with Crippen LogP contribution in [0, 0.1) is 0 Å². The molecule has 37 valence electrons. The molecule has 0 atom stereocenters. The average Bonchev–Trinajstić information content (AvgIpc) is 0.722. The van der Waals surface area contributed by atoms with Crippen molar-refractivity contribution in [2.75, 3.05) is 0 Å². The fraction of sp³-hybridized carbons (Fsp3) is 0. The maximum Gasteiger partial charge on any atom is 2.00 e. The molecule has 0 aliphatic heterocycles. The van der Waals surface area contributed by atoms with Gasteiger partial charge in [-0.25, -0.2) is 0 Å². The van der Waals surface area contributed by atoms with Crippen molar-refractivity contribution in [3.05, 3.63) is 0 Å². The molecule has 7 heteroatoms. The van der Waals surface area contributed by atoms with Crippen LogP contribution in [0.1, 0.15) is 0 Å². The van der Waals surface area contributed by atoms with E-state index in [-0.39, 0.29) is 35.9 Å². The van der Waals surface area contributed by atoms with E-state index in [0.717, 1.165) is 0 Å². The summed E-state index contributed by atoms with van der Waals surface area (Å²) in [4.78, 5) is 25.6. The van der Waals surface area contributed by atoms with E-state index in [1.165, 1.54) is 0 Å². The van der Waals surface area contributed by atoms with Crippen molar-refractivity contribution in [1.82, 2.24) is 0 Å². The maximum absolute atomic E-state index is 8.55. The SMILES string of the molecule is O=P([O-])([O-])[O-].[Li+].[Mn+2]. The third-order valence-corrected chi connectivity index (χ3v) is 0. The Kier molecular flexibility index (Phi) is 12.1. The van der Waals surface area contributed by atoms with Gasteiger partial charge in [-0.1, -0.05) is 0 Å². The van der Waals surface area contributed by atoms with Gasteiger partial charge in [-0.2, -0.15) is 7.82 Å². The molecular formula is LiMnO4P. The Morgan fingerprint density at radius 1 is 1.14 bits per heavy atom. The van der Waals surface area contributed by atoms with Crippen molar-refractivity contribution in [2.24, 2.45) is 0 Å². The molecule has 0 saturated heterocycles. The second-order valence-electron chi connectivity index (χ2n) is 0.447. The van der Waals surface area contributed by atoms with Gasteiger partial charge < -0.3 is 19.2 Å². The molecule has 0 saturated carbocycles. The molecule has 0 spiro atoms. The standard InChI is InChI=1S/Li.Mn.H3O4P/c;;1-5(2,3)4/h;;(H3,1,2,3,4)/q+1;+2;/p-3. The van der Waals surface area contributed by atoms with E-state index >= 15 is 0 Å². The van der Waals surface area contributed by atoms with Crippen LogP contribution in [0.3, 0.4) is 0 Å². The molecule has 7 heavy (non-hydrogen) atoms. The Balaban J connectivity index is -0.0000000800. The minimum atomic E-state index is -5.39. The Hall–Kier alpha value is 1.23. The van der Waals surface area contributed by atoms with E-state index in [1.807, 2.05) is 0 Å². The van der Waals surface area contributed by atoms with E-state index < -0.39 is 7.82 Å². The zero-order chi connectivity index (χ0) is 4.50. The summed E-state index contributed by atoms with van der Waals surface area (Å²) in [6.07, 6.45) is 0. The summed E-state index contributed by atoms with van der Waals surface area (Å²) in [5, 5.41) is 0. The number of phosphoric acid groups is 1. The summed E-state index contributed by atoms with van der Waals surface area (Å²) in [5.41, 5.74) is 0. The van der Waals surface area contributed by atoms with E-state index in [0.29, 0.717) is 0 Å². The Labute approximate surface area is 63.2 Å². The molecule has 0 heterocycles. The van der Waals surface area contributed by atoms with Gasteiger partial charge in [0.1, 0.15) is 0 Å². The summed E-state index contributed by atoms with van der Waals surface area (Å²) >= 11 is 0. The molecule has 0 aliphatic rings. The minimum Gasteiger partial charge on any atom is -0.822 e. The first-order valence-electron chi connectivity index (χ1n) is 0.730. The van der Waals surface area contributed by atoms with Crippen LogP contribution in [0.15, 0.2) is 0 Å². The predicted octanol–water partition coefficient (Wildman–Crippen LogP) is -5.82. The third-order valence-electron chi connectivity index (χ3n) is 0. The molecule has 0 amide bonds. The first kappa shape index (κ1) is 15.7.